The second-order valence-corrected chi connectivity index (χ2v) is 7.44. The average molecular weight is 416 g/mol. The van der Waals surface area contributed by atoms with Crippen LogP contribution in [0, 0.1) is 10.1 Å². The minimum Gasteiger partial charge on any atom is -0.455 e. The van der Waals surface area contributed by atoms with Crippen LogP contribution in [-0.4, -0.2) is 29.3 Å². The Labute approximate surface area is 178 Å². The molecule has 0 spiro atoms. The summed E-state index contributed by atoms with van der Waals surface area (Å²) in [4.78, 5) is 34.9. The molecule has 156 valence electrons. The number of nitro benzene ring substituents is 1. The number of nitrogens with two attached hydrogens (primary N) is 1. The summed E-state index contributed by atoms with van der Waals surface area (Å²) in [5.74, 6) is -0.852. The number of non-ortho nitro benzene ring substituents is 1. The largest absolute Gasteiger partial charge is 0.455 e. The van der Waals surface area contributed by atoms with Crippen LogP contribution >= 0.6 is 0 Å². The number of carbonyl (C=O) groups is 2. The summed E-state index contributed by atoms with van der Waals surface area (Å²) in [7, 11) is 0. The molecule has 0 amide bonds. The van der Waals surface area contributed by atoms with E-state index in [1.54, 1.807) is 12.1 Å². The minimum atomic E-state index is -1.07. The Morgan fingerprint density at radius 1 is 1.00 bits per heavy atom. The number of ketones is 1. The van der Waals surface area contributed by atoms with Gasteiger partial charge in [0.15, 0.2) is 11.9 Å². The normalized spacial score (nSPS) is 14.2. The van der Waals surface area contributed by atoms with Crippen LogP contribution < -0.4 is 5.73 Å². The summed E-state index contributed by atoms with van der Waals surface area (Å²) in [5.41, 5.74) is 10.7. The molecule has 0 aromatic heterocycles. The van der Waals surface area contributed by atoms with Gasteiger partial charge in [-0.2, -0.15) is 0 Å². The molecule has 1 aliphatic rings. The Morgan fingerprint density at radius 3 is 2.06 bits per heavy atom. The van der Waals surface area contributed by atoms with Crippen molar-refractivity contribution in [3.05, 3.63) is 99.6 Å². The standard InChI is InChI=1S/C24H20N2O5/c25-21(13-15-9-11-16(12-10-15)26(29)30)23(28)24(31-14-27)22-19-7-3-1-5-17(19)18-6-2-4-8-20(18)22/h1-12,14,21-22,24H,13,25H2/t21-,24?/m0/s1. The van der Waals surface area contributed by atoms with Crippen molar-refractivity contribution < 1.29 is 19.2 Å². The SMILES string of the molecule is N[C@@H](Cc1ccc([N+](=O)[O-])cc1)C(=O)C(OC=O)C1c2ccccc2-c2ccccc21. The van der Waals surface area contributed by atoms with E-state index in [0.29, 0.717) is 5.56 Å². The molecule has 0 aliphatic heterocycles. The van der Waals surface area contributed by atoms with Crippen LogP contribution in [0.2, 0.25) is 0 Å². The number of nitro groups is 1. The first-order chi connectivity index (χ1) is 15.0. The van der Waals surface area contributed by atoms with Crippen LogP contribution in [0.5, 0.6) is 0 Å². The van der Waals surface area contributed by atoms with E-state index in [2.05, 4.69) is 0 Å². The minimum absolute atomic E-state index is 0.0371. The van der Waals surface area contributed by atoms with Gasteiger partial charge in [0, 0.05) is 12.1 Å². The first kappa shape index (κ1) is 20.4. The number of hydrogen-bond acceptors (Lipinski definition) is 6. The van der Waals surface area contributed by atoms with Crippen LogP contribution in [0.4, 0.5) is 5.69 Å². The lowest BCUT2D eigenvalue weighted by Gasteiger charge is -2.25. The van der Waals surface area contributed by atoms with Crippen LogP contribution in [0.25, 0.3) is 11.1 Å². The average Bonchev–Trinajstić information content (AvgIpc) is 3.12. The van der Waals surface area contributed by atoms with Crippen LogP contribution in [-0.2, 0) is 20.7 Å². The number of rotatable bonds is 8. The summed E-state index contributed by atoms with van der Waals surface area (Å²) in [6.45, 7) is 0.282. The van der Waals surface area contributed by atoms with E-state index < -0.39 is 28.8 Å². The molecular formula is C24H20N2O5. The lowest BCUT2D eigenvalue weighted by Crippen LogP contribution is -2.44. The maximum Gasteiger partial charge on any atom is 0.293 e. The number of Topliss-reactive ketones (excluding diaryl/α,β-unsaturated/α-hetero) is 1. The number of ether oxygens (including phenoxy) is 1. The maximum absolute atomic E-state index is 13.3. The molecule has 0 heterocycles. The Kier molecular flexibility index (Phi) is 5.60. The third-order valence-corrected chi connectivity index (χ3v) is 5.64. The number of hydrogen-bond donors (Lipinski definition) is 1. The fraction of sp³-hybridized carbons (Fsp3) is 0.167. The van der Waals surface area contributed by atoms with Crippen molar-refractivity contribution in [2.75, 3.05) is 0 Å². The van der Waals surface area contributed by atoms with Crippen LogP contribution in [0.3, 0.4) is 0 Å². The fourth-order valence-corrected chi connectivity index (χ4v) is 4.21. The van der Waals surface area contributed by atoms with Gasteiger partial charge in [-0.05, 0) is 34.2 Å². The third-order valence-electron chi connectivity index (χ3n) is 5.64. The van der Waals surface area contributed by atoms with E-state index in [1.165, 1.54) is 12.1 Å². The fourth-order valence-electron chi connectivity index (χ4n) is 4.21. The summed E-state index contributed by atoms with van der Waals surface area (Å²) in [6.07, 6.45) is -0.902. The molecule has 0 radical (unpaired) electrons. The zero-order valence-corrected chi connectivity index (χ0v) is 16.5. The van der Waals surface area contributed by atoms with E-state index in [0.717, 1.165) is 22.3 Å². The van der Waals surface area contributed by atoms with Gasteiger partial charge in [-0.1, -0.05) is 60.7 Å². The molecule has 7 nitrogen and oxygen atoms in total. The molecule has 0 bridgehead atoms. The van der Waals surface area contributed by atoms with Gasteiger partial charge in [-0.25, -0.2) is 0 Å². The van der Waals surface area contributed by atoms with Gasteiger partial charge in [-0.15, -0.1) is 0 Å². The molecule has 1 unspecified atom stereocenters. The Morgan fingerprint density at radius 2 is 1.55 bits per heavy atom. The van der Waals surface area contributed by atoms with Crippen LogP contribution in [0.15, 0.2) is 72.8 Å². The number of fused-ring (bicyclic) bond motifs is 3. The summed E-state index contributed by atoms with van der Waals surface area (Å²) < 4.78 is 5.31. The molecular weight excluding hydrogens is 396 g/mol. The lowest BCUT2D eigenvalue weighted by molar-refractivity contribution is -0.384. The molecule has 0 saturated carbocycles. The van der Waals surface area contributed by atoms with E-state index >= 15 is 0 Å². The summed E-state index contributed by atoms with van der Waals surface area (Å²) >= 11 is 0. The van der Waals surface area contributed by atoms with Gasteiger partial charge in [0.25, 0.3) is 12.2 Å². The number of carbonyl (C=O) groups excluding carboxylic acids is 2. The predicted molar refractivity (Wildman–Crippen MR) is 114 cm³/mol. The molecule has 7 heteroatoms. The van der Waals surface area contributed by atoms with Gasteiger partial charge >= 0.3 is 0 Å². The first-order valence-electron chi connectivity index (χ1n) is 9.81. The molecule has 1 aliphatic carbocycles. The van der Waals surface area contributed by atoms with Crippen molar-refractivity contribution in [3.63, 3.8) is 0 Å². The highest BCUT2D eigenvalue weighted by Crippen LogP contribution is 2.47. The second-order valence-electron chi connectivity index (χ2n) is 7.44. The predicted octanol–water partition coefficient (Wildman–Crippen LogP) is 3.39. The maximum atomic E-state index is 13.3. The van der Waals surface area contributed by atoms with Gasteiger partial charge < -0.3 is 10.5 Å². The quantitative estimate of drug-likeness (QED) is 0.342. The van der Waals surface area contributed by atoms with Crippen molar-refractivity contribution >= 4 is 17.9 Å². The zero-order valence-electron chi connectivity index (χ0n) is 16.5. The highest BCUT2D eigenvalue weighted by Gasteiger charge is 2.40. The lowest BCUT2D eigenvalue weighted by atomic mass is 9.86. The number of nitrogens with zero attached hydrogens (tertiary/aromatic N) is 1. The smallest absolute Gasteiger partial charge is 0.293 e. The molecule has 2 atom stereocenters. The summed E-state index contributed by atoms with van der Waals surface area (Å²) in [6, 6.07) is 20.4. The van der Waals surface area contributed by atoms with E-state index in [1.807, 2.05) is 48.5 Å². The zero-order chi connectivity index (χ0) is 22.0. The molecule has 3 aromatic carbocycles. The number of benzene rings is 3. The van der Waals surface area contributed by atoms with E-state index in [-0.39, 0.29) is 18.6 Å². The van der Waals surface area contributed by atoms with Gasteiger partial charge in [0.1, 0.15) is 0 Å². The molecule has 3 aromatic rings. The molecule has 2 N–H and O–H groups in total. The Bertz CT molecular complexity index is 1100. The third kappa shape index (κ3) is 3.83. The highest BCUT2D eigenvalue weighted by molar-refractivity contribution is 5.93. The van der Waals surface area contributed by atoms with Crippen molar-refractivity contribution in [3.8, 4) is 11.1 Å². The van der Waals surface area contributed by atoms with Crippen molar-refractivity contribution in [2.45, 2.75) is 24.5 Å². The van der Waals surface area contributed by atoms with E-state index in [9.17, 15) is 19.7 Å². The molecule has 0 saturated heterocycles. The molecule has 4 rings (SSSR count). The first-order valence-corrected chi connectivity index (χ1v) is 9.81. The van der Waals surface area contributed by atoms with Gasteiger partial charge in [-0.3, -0.25) is 19.7 Å². The Balaban J connectivity index is 1.63. The highest BCUT2D eigenvalue weighted by atomic mass is 16.6. The van der Waals surface area contributed by atoms with Crippen molar-refractivity contribution in [2.24, 2.45) is 5.73 Å². The van der Waals surface area contributed by atoms with Crippen molar-refractivity contribution in [1.29, 1.82) is 0 Å². The Hall–Kier alpha value is -3.84. The van der Waals surface area contributed by atoms with Crippen LogP contribution in [0.1, 0.15) is 22.6 Å². The monoisotopic (exact) mass is 416 g/mol. The second kappa shape index (κ2) is 8.49. The molecule has 31 heavy (non-hydrogen) atoms. The van der Waals surface area contributed by atoms with Gasteiger partial charge in [0.2, 0.25) is 0 Å². The van der Waals surface area contributed by atoms with Crippen molar-refractivity contribution in [1.82, 2.24) is 0 Å². The topological polar surface area (TPSA) is 113 Å². The molecule has 0 fully saturated rings. The van der Waals surface area contributed by atoms with E-state index in [4.69, 9.17) is 10.5 Å². The van der Waals surface area contributed by atoms with Gasteiger partial charge in [0.05, 0.1) is 16.9 Å². The summed E-state index contributed by atoms with van der Waals surface area (Å²) in [5, 5.41) is 10.8.